The van der Waals surface area contributed by atoms with Gasteiger partial charge in [0.15, 0.2) is 5.69 Å². The van der Waals surface area contributed by atoms with E-state index >= 15 is 0 Å². The number of hydrogen-bond acceptors (Lipinski definition) is 2. The molecule has 1 aromatic carbocycles. The molecule has 0 bridgehead atoms. The molecule has 1 atom stereocenters. The van der Waals surface area contributed by atoms with Crippen molar-refractivity contribution >= 4 is 11.9 Å². The second-order valence-corrected chi connectivity index (χ2v) is 4.46. The van der Waals surface area contributed by atoms with Crippen LogP contribution in [-0.2, 0) is 0 Å². The minimum absolute atomic E-state index is 0.145. The van der Waals surface area contributed by atoms with Gasteiger partial charge >= 0.3 is 0 Å². The number of aliphatic hydroxyl groups excluding tert-OH is 1. The van der Waals surface area contributed by atoms with Crippen LogP contribution < -0.4 is 4.59 Å². The number of para-hydroxylation sites is 1. The van der Waals surface area contributed by atoms with E-state index in [1.165, 1.54) is 5.69 Å². The van der Waals surface area contributed by atoms with E-state index in [0.717, 1.165) is 12.8 Å². The quantitative estimate of drug-likeness (QED) is 0.752. The van der Waals surface area contributed by atoms with Gasteiger partial charge in [0.25, 0.3) is 0 Å². The number of benzene rings is 1. The van der Waals surface area contributed by atoms with E-state index in [-0.39, 0.29) is 6.10 Å². The van der Waals surface area contributed by atoms with Gasteiger partial charge in [-0.15, -0.1) is 4.59 Å². The molecule has 0 radical (unpaired) electrons. The third-order valence-electron chi connectivity index (χ3n) is 3.47. The standard InChI is InChI=1S/C13H15N2O/c16-13-9-12(10-13)15(8-4-7-14-15)11-5-2-1-3-6-11/h1-8,12-13,16H,9-10H2/q+1. The molecule has 82 valence electrons. The predicted octanol–water partition coefficient (Wildman–Crippen LogP) is 2.03. The third-order valence-corrected chi connectivity index (χ3v) is 3.47. The molecular weight excluding hydrogens is 200 g/mol. The average Bonchev–Trinajstić information content (AvgIpc) is 2.76. The first kappa shape index (κ1) is 9.75. The van der Waals surface area contributed by atoms with Crippen LogP contribution in [0, 0.1) is 0 Å². The lowest BCUT2D eigenvalue weighted by Gasteiger charge is -2.41. The average molecular weight is 215 g/mol. The van der Waals surface area contributed by atoms with Crippen LogP contribution in [0.5, 0.6) is 0 Å². The lowest BCUT2D eigenvalue weighted by molar-refractivity contribution is 0.0245. The van der Waals surface area contributed by atoms with Gasteiger partial charge in [-0.1, -0.05) is 23.3 Å². The van der Waals surface area contributed by atoms with Crippen molar-refractivity contribution in [2.24, 2.45) is 5.10 Å². The van der Waals surface area contributed by atoms with Gasteiger partial charge in [0, 0.05) is 31.1 Å². The molecule has 1 aliphatic carbocycles. The van der Waals surface area contributed by atoms with Crippen molar-refractivity contribution in [3.8, 4) is 0 Å². The Morgan fingerprint density at radius 1 is 1.19 bits per heavy atom. The molecule has 1 N–H and O–H groups in total. The summed E-state index contributed by atoms with van der Waals surface area (Å²) < 4.78 is 0.526. The summed E-state index contributed by atoms with van der Waals surface area (Å²) in [5.74, 6) is 0. The fraction of sp³-hybridized carbons (Fsp3) is 0.308. The van der Waals surface area contributed by atoms with Gasteiger partial charge in [-0.3, -0.25) is 0 Å². The van der Waals surface area contributed by atoms with Crippen molar-refractivity contribution in [3.05, 3.63) is 42.6 Å². The van der Waals surface area contributed by atoms with Gasteiger partial charge in [0.05, 0.1) is 12.3 Å². The number of hydrogen-bond donors (Lipinski definition) is 1. The van der Waals surface area contributed by atoms with Gasteiger partial charge in [-0.25, -0.2) is 0 Å². The Morgan fingerprint density at radius 2 is 1.94 bits per heavy atom. The van der Waals surface area contributed by atoms with E-state index in [9.17, 15) is 5.11 Å². The lowest BCUT2D eigenvalue weighted by atomic mass is 9.87. The van der Waals surface area contributed by atoms with E-state index in [2.05, 4.69) is 23.4 Å². The minimum atomic E-state index is -0.145. The predicted molar refractivity (Wildman–Crippen MR) is 64.9 cm³/mol. The zero-order valence-electron chi connectivity index (χ0n) is 9.03. The zero-order valence-corrected chi connectivity index (χ0v) is 9.03. The number of quaternary nitrogens is 1. The molecule has 3 heteroatoms. The molecule has 1 aromatic rings. The van der Waals surface area contributed by atoms with Gasteiger partial charge in [-0.05, 0) is 0 Å². The highest BCUT2D eigenvalue weighted by Gasteiger charge is 2.47. The van der Waals surface area contributed by atoms with Crippen LogP contribution in [0.1, 0.15) is 12.8 Å². The maximum atomic E-state index is 9.45. The van der Waals surface area contributed by atoms with E-state index in [4.69, 9.17) is 0 Å². The van der Waals surface area contributed by atoms with E-state index < -0.39 is 0 Å². The van der Waals surface area contributed by atoms with Crippen LogP contribution in [0.25, 0.3) is 0 Å². The first-order valence-electron chi connectivity index (χ1n) is 5.67. The van der Waals surface area contributed by atoms with Crippen molar-refractivity contribution in [3.63, 3.8) is 0 Å². The molecule has 1 unspecified atom stereocenters. The lowest BCUT2D eigenvalue weighted by Crippen LogP contribution is -2.55. The van der Waals surface area contributed by atoms with E-state index in [1.807, 2.05) is 30.5 Å². The Hall–Kier alpha value is -1.45. The van der Waals surface area contributed by atoms with Crippen molar-refractivity contribution in [2.75, 3.05) is 0 Å². The van der Waals surface area contributed by atoms with Crippen LogP contribution in [0.15, 0.2) is 47.7 Å². The topological polar surface area (TPSA) is 32.6 Å². The van der Waals surface area contributed by atoms with Crippen LogP contribution in [0.4, 0.5) is 5.69 Å². The minimum Gasteiger partial charge on any atom is -0.393 e. The van der Waals surface area contributed by atoms with Crippen LogP contribution in [0.3, 0.4) is 0 Å². The zero-order chi connectivity index (χ0) is 11.0. The Balaban J connectivity index is 1.98. The molecule has 0 saturated heterocycles. The summed E-state index contributed by atoms with van der Waals surface area (Å²) in [5.41, 5.74) is 1.17. The molecule has 0 spiro atoms. The molecule has 3 nitrogen and oxygen atoms in total. The third kappa shape index (κ3) is 1.32. The largest absolute Gasteiger partial charge is 0.393 e. The summed E-state index contributed by atoms with van der Waals surface area (Å²) in [7, 11) is 0. The number of nitrogens with zero attached hydrogens (tertiary/aromatic N) is 2. The normalized spacial score (nSPS) is 36.3. The van der Waals surface area contributed by atoms with Gasteiger partial charge in [0.1, 0.15) is 12.2 Å². The Labute approximate surface area is 94.9 Å². The molecule has 16 heavy (non-hydrogen) atoms. The number of rotatable bonds is 2. The van der Waals surface area contributed by atoms with Crippen molar-refractivity contribution in [1.82, 2.24) is 4.59 Å². The van der Waals surface area contributed by atoms with Gasteiger partial charge in [-0.2, -0.15) is 0 Å². The Bertz CT molecular complexity index is 421. The first-order chi connectivity index (χ1) is 7.81. The summed E-state index contributed by atoms with van der Waals surface area (Å²) in [6, 6.07) is 10.7. The molecule has 0 aromatic heterocycles. The smallest absolute Gasteiger partial charge is 0.164 e. The highest BCUT2D eigenvalue weighted by Crippen LogP contribution is 2.39. The van der Waals surface area contributed by atoms with Gasteiger partial charge in [0.2, 0.25) is 0 Å². The van der Waals surface area contributed by atoms with Crippen LogP contribution in [-0.4, -0.2) is 23.5 Å². The fourth-order valence-corrected chi connectivity index (χ4v) is 2.48. The van der Waals surface area contributed by atoms with Crippen molar-refractivity contribution in [2.45, 2.75) is 25.0 Å². The maximum Gasteiger partial charge on any atom is 0.164 e. The second-order valence-electron chi connectivity index (χ2n) is 4.46. The maximum absolute atomic E-state index is 9.45. The Morgan fingerprint density at radius 3 is 2.50 bits per heavy atom. The molecule has 1 aliphatic heterocycles. The number of aliphatic hydroxyl groups is 1. The number of allylic oxidation sites excluding steroid dienone is 1. The van der Waals surface area contributed by atoms with Crippen LogP contribution in [0.2, 0.25) is 0 Å². The summed E-state index contributed by atoms with van der Waals surface area (Å²) in [6.45, 7) is 0. The summed E-state index contributed by atoms with van der Waals surface area (Å²) in [5, 5.41) is 14.0. The molecule has 2 aliphatic rings. The summed E-state index contributed by atoms with van der Waals surface area (Å²) in [6.07, 6.45) is 7.45. The molecule has 1 heterocycles. The van der Waals surface area contributed by atoms with Crippen molar-refractivity contribution in [1.29, 1.82) is 0 Å². The summed E-state index contributed by atoms with van der Waals surface area (Å²) in [4.78, 5) is 0. The molecular formula is C13H15N2O+. The second kappa shape index (κ2) is 3.54. The van der Waals surface area contributed by atoms with E-state index in [1.54, 1.807) is 0 Å². The van der Waals surface area contributed by atoms with Crippen LogP contribution >= 0.6 is 0 Å². The Kier molecular flexibility index (Phi) is 2.16. The molecule has 0 amide bonds. The molecule has 1 saturated carbocycles. The summed E-state index contributed by atoms with van der Waals surface area (Å²) >= 11 is 0. The van der Waals surface area contributed by atoms with E-state index in [0.29, 0.717) is 10.6 Å². The monoisotopic (exact) mass is 215 g/mol. The molecule has 1 fully saturated rings. The highest BCUT2D eigenvalue weighted by molar-refractivity contribution is 5.76. The highest BCUT2D eigenvalue weighted by atomic mass is 16.3. The fourth-order valence-electron chi connectivity index (χ4n) is 2.48. The van der Waals surface area contributed by atoms with Gasteiger partial charge < -0.3 is 5.11 Å². The molecule has 3 rings (SSSR count). The first-order valence-corrected chi connectivity index (χ1v) is 5.67. The SMILES string of the molecule is OC1CC([N+]2(c3ccccc3)C=CC=N2)C1. The van der Waals surface area contributed by atoms with Crippen molar-refractivity contribution < 1.29 is 5.11 Å².